The summed E-state index contributed by atoms with van der Waals surface area (Å²) in [6, 6.07) is -1.84. The molecule has 0 radical (unpaired) electrons. The molecule has 0 aliphatic heterocycles. The lowest BCUT2D eigenvalue weighted by molar-refractivity contribution is -0.147. The van der Waals surface area contributed by atoms with Crippen molar-refractivity contribution in [3.63, 3.8) is 0 Å². The van der Waals surface area contributed by atoms with Crippen LogP contribution in [0.4, 0.5) is 4.79 Å². The lowest BCUT2D eigenvalue weighted by Gasteiger charge is -2.26. The summed E-state index contributed by atoms with van der Waals surface area (Å²) >= 11 is 0. The van der Waals surface area contributed by atoms with E-state index in [1.165, 1.54) is 7.11 Å². The molecule has 1 aliphatic rings. The van der Waals surface area contributed by atoms with Crippen molar-refractivity contribution in [1.29, 1.82) is 0 Å². The quantitative estimate of drug-likeness (QED) is 0.638. The van der Waals surface area contributed by atoms with E-state index in [9.17, 15) is 14.4 Å². The van der Waals surface area contributed by atoms with Gasteiger partial charge in [0.05, 0.1) is 13.5 Å². The minimum absolute atomic E-state index is 0.389. The van der Waals surface area contributed by atoms with Gasteiger partial charge in [-0.15, -0.1) is 0 Å². The molecule has 0 aromatic carbocycles. The van der Waals surface area contributed by atoms with Crippen LogP contribution in [0.2, 0.25) is 0 Å². The predicted octanol–water partition coefficient (Wildman–Crippen LogP) is 1.13. The smallest absolute Gasteiger partial charge is 0.326 e. The fourth-order valence-corrected chi connectivity index (χ4v) is 2.43. The molecule has 0 aromatic heterocycles. The first-order valence-corrected chi connectivity index (χ1v) is 7.26. The summed E-state index contributed by atoms with van der Waals surface area (Å²) in [4.78, 5) is 33.8. The first-order chi connectivity index (χ1) is 9.92. The molecule has 0 unspecified atom stereocenters. The van der Waals surface area contributed by atoms with E-state index < -0.39 is 24.0 Å². The van der Waals surface area contributed by atoms with E-state index in [2.05, 4.69) is 22.3 Å². The van der Waals surface area contributed by atoms with Crippen LogP contribution in [0.5, 0.6) is 0 Å². The summed E-state index contributed by atoms with van der Waals surface area (Å²) < 4.78 is 4.40. The van der Waals surface area contributed by atoms with Crippen LogP contribution in [0.1, 0.15) is 39.0 Å². The molecule has 120 valence electrons. The number of nitrogens with one attached hydrogen (secondary N) is 2. The number of carboxylic acid groups (broad SMARTS) is 1. The van der Waals surface area contributed by atoms with Crippen LogP contribution in [0, 0.1) is 11.8 Å². The maximum atomic E-state index is 11.7. The number of methoxy groups -OCH3 is 1. The molecule has 1 fully saturated rings. The van der Waals surface area contributed by atoms with Gasteiger partial charge >= 0.3 is 18.0 Å². The summed E-state index contributed by atoms with van der Waals surface area (Å²) in [5.74, 6) is -0.756. The summed E-state index contributed by atoms with van der Waals surface area (Å²) in [5.41, 5.74) is 0. The van der Waals surface area contributed by atoms with Crippen LogP contribution >= 0.6 is 0 Å². The van der Waals surface area contributed by atoms with Gasteiger partial charge in [0.1, 0.15) is 6.04 Å². The Hall–Kier alpha value is -1.79. The molecule has 7 nitrogen and oxygen atoms in total. The van der Waals surface area contributed by atoms with Crippen LogP contribution in [-0.4, -0.2) is 42.8 Å². The van der Waals surface area contributed by atoms with Crippen LogP contribution in [0.3, 0.4) is 0 Å². The highest BCUT2D eigenvalue weighted by molar-refractivity contribution is 5.86. The molecule has 0 bridgehead atoms. The van der Waals surface area contributed by atoms with Gasteiger partial charge in [-0.3, -0.25) is 4.79 Å². The van der Waals surface area contributed by atoms with Gasteiger partial charge in [0.15, 0.2) is 0 Å². The fourth-order valence-electron chi connectivity index (χ4n) is 2.43. The Morgan fingerprint density at radius 3 is 2.38 bits per heavy atom. The number of carboxylic acids is 1. The van der Waals surface area contributed by atoms with Crippen LogP contribution < -0.4 is 10.6 Å². The summed E-state index contributed by atoms with van der Waals surface area (Å²) in [7, 11) is 1.17. The molecule has 0 spiro atoms. The molecular formula is C14H24N2O5. The number of urea groups is 1. The van der Waals surface area contributed by atoms with Gasteiger partial charge in [-0.05, 0) is 24.7 Å². The molecule has 1 rings (SSSR count). The highest BCUT2D eigenvalue weighted by atomic mass is 16.5. The zero-order chi connectivity index (χ0) is 15.8. The topological polar surface area (TPSA) is 105 Å². The van der Waals surface area contributed by atoms with Crippen molar-refractivity contribution in [3.8, 4) is 0 Å². The third-order valence-electron chi connectivity index (χ3n) is 3.89. The van der Waals surface area contributed by atoms with Crippen LogP contribution in [-0.2, 0) is 14.3 Å². The second-order valence-electron chi connectivity index (χ2n) is 5.65. The Morgan fingerprint density at radius 1 is 1.24 bits per heavy atom. The Labute approximate surface area is 124 Å². The van der Waals surface area contributed by atoms with E-state index in [0.29, 0.717) is 12.5 Å². The van der Waals surface area contributed by atoms with Crippen molar-refractivity contribution in [2.45, 2.75) is 45.1 Å². The number of rotatable bonds is 6. The molecule has 21 heavy (non-hydrogen) atoms. The van der Waals surface area contributed by atoms with Gasteiger partial charge in [0, 0.05) is 6.54 Å². The molecule has 3 N–H and O–H groups in total. The minimum atomic E-state index is -1.27. The standard InChI is InChI=1S/C14H24N2O5/c1-9-3-5-10(6-4-9)8-15-14(20)16-11(13(18)19)7-12(17)21-2/h9-11H,3-8H2,1-2H3,(H,18,19)(H2,15,16,20)/t9?,10?,11-/m0/s1. The zero-order valence-electron chi connectivity index (χ0n) is 12.6. The number of ether oxygens (including phenoxy) is 1. The van der Waals surface area contributed by atoms with Gasteiger partial charge < -0.3 is 20.5 Å². The Bertz CT molecular complexity index is 378. The van der Waals surface area contributed by atoms with E-state index in [-0.39, 0.29) is 6.42 Å². The van der Waals surface area contributed by atoms with E-state index in [4.69, 9.17) is 5.11 Å². The van der Waals surface area contributed by atoms with Gasteiger partial charge in [-0.25, -0.2) is 9.59 Å². The molecule has 1 atom stereocenters. The van der Waals surface area contributed by atoms with Gasteiger partial charge in [-0.1, -0.05) is 19.8 Å². The lowest BCUT2D eigenvalue weighted by atomic mass is 9.83. The first-order valence-electron chi connectivity index (χ1n) is 7.26. The molecule has 2 amide bonds. The predicted molar refractivity (Wildman–Crippen MR) is 75.7 cm³/mol. The SMILES string of the molecule is COC(=O)C[C@H](NC(=O)NCC1CCC(C)CC1)C(=O)O. The van der Waals surface area contributed by atoms with Crippen molar-refractivity contribution < 1.29 is 24.2 Å². The minimum Gasteiger partial charge on any atom is -0.480 e. The Balaban J connectivity index is 2.33. The second kappa shape index (κ2) is 8.49. The molecule has 0 heterocycles. The third-order valence-corrected chi connectivity index (χ3v) is 3.89. The monoisotopic (exact) mass is 300 g/mol. The average molecular weight is 300 g/mol. The van der Waals surface area contributed by atoms with Crippen molar-refractivity contribution in [2.24, 2.45) is 11.8 Å². The molecule has 0 saturated heterocycles. The normalized spacial score (nSPS) is 23.0. The maximum Gasteiger partial charge on any atom is 0.326 e. The molecule has 7 heteroatoms. The Kier molecular flexibility index (Phi) is 6.98. The number of hydrogen-bond acceptors (Lipinski definition) is 4. The zero-order valence-corrected chi connectivity index (χ0v) is 12.6. The second-order valence-corrected chi connectivity index (χ2v) is 5.65. The lowest BCUT2D eigenvalue weighted by Crippen LogP contribution is -2.48. The van der Waals surface area contributed by atoms with Gasteiger partial charge in [-0.2, -0.15) is 0 Å². The van der Waals surface area contributed by atoms with Gasteiger partial charge in [0.2, 0.25) is 0 Å². The highest BCUT2D eigenvalue weighted by Crippen LogP contribution is 2.27. The van der Waals surface area contributed by atoms with E-state index in [0.717, 1.165) is 31.6 Å². The van der Waals surface area contributed by atoms with Crippen molar-refractivity contribution in [3.05, 3.63) is 0 Å². The van der Waals surface area contributed by atoms with E-state index >= 15 is 0 Å². The number of aliphatic carboxylic acids is 1. The Morgan fingerprint density at radius 2 is 1.86 bits per heavy atom. The number of carbonyl (C=O) groups is 3. The van der Waals surface area contributed by atoms with E-state index in [1.54, 1.807) is 0 Å². The third kappa shape index (κ3) is 6.46. The number of esters is 1. The summed E-state index contributed by atoms with van der Waals surface area (Å²) in [6.07, 6.45) is 4.08. The fraction of sp³-hybridized carbons (Fsp3) is 0.786. The molecular weight excluding hydrogens is 276 g/mol. The summed E-state index contributed by atoms with van der Waals surface area (Å²) in [5, 5.41) is 13.9. The summed E-state index contributed by atoms with van der Waals surface area (Å²) in [6.45, 7) is 2.75. The van der Waals surface area contributed by atoms with Crippen LogP contribution in [0.25, 0.3) is 0 Å². The van der Waals surface area contributed by atoms with Crippen molar-refractivity contribution in [2.75, 3.05) is 13.7 Å². The number of carbonyl (C=O) groups excluding carboxylic acids is 2. The number of hydrogen-bond donors (Lipinski definition) is 3. The van der Waals surface area contributed by atoms with Gasteiger partial charge in [0.25, 0.3) is 0 Å². The first kappa shape index (κ1) is 17.3. The molecule has 1 aliphatic carbocycles. The van der Waals surface area contributed by atoms with E-state index in [1.807, 2.05) is 0 Å². The van der Waals surface area contributed by atoms with Crippen molar-refractivity contribution >= 4 is 18.0 Å². The molecule has 0 aromatic rings. The molecule has 1 saturated carbocycles. The maximum absolute atomic E-state index is 11.7. The highest BCUT2D eigenvalue weighted by Gasteiger charge is 2.24. The average Bonchev–Trinajstić information content (AvgIpc) is 2.45. The largest absolute Gasteiger partial charge is 0.480 e. The van der Waals surface area contributed by atoms with Crippen molar-refractivity contribution in [1.82, 2.24) is 10.6 Å². The van der Waals surface area contributed by atoms with Crippen LogP contribution in [0.15, 0.2) is 0 Å². The number of amides is 2.